The lowest BCUT2D eigenvalue weighted by Crippen LogP contribution is -2.35. The number of nitrogens with zero attached hydrogens (tertiary/aromatic N) is 3. The van der Waals surface area contributed by atoms with E-state index >= 15 is 0 Å². The molecular weight excluding hydrogens is 354 g/mol. The number of aromatic nitrogens is 1. The maximum absolute atomic E-state index is 12.9. The van der Waals surface area contributed by atoms with Crippen LogP contribution in [0.5, 0.6) is 5.75 Å². The van der Waals surface area contributed by atoms with Crippen LogP contribution in [0, 0.1) is 6.92 Å². The summed E-state index contributed by atoms with van der Waals surface area (Å²) in [6, 6.07) is 8.54. The Bertz CT molecular complexity index is 817. The molecular formula is C18H25N3O4S. The molecule has 3 rings (SSSR count). The van der Waals surface area contributed by atoms with E-state index in [4.69, 9.17) is 9.26 Å². The first-order valence-corrected chi connectivity index (χ1v) is 10.3. The second-order valence-corrected chi connectivity index (χ2v) is 8.31. The first kappa shape index (κ1) is 18.9. The third-order valence-corrected chi connectivity index (χ3v) is 6.30. The number of hydrogen-bond acceptors (Lipinski definition) is 6. The molecule has 7 nitrogen and oxygen atoms in total. The van der Waals surface area contributed by atoms with Gasteiger partial charge in [-0.2, -0.15) is 4.31 Å². The van der Waals surface area contributed by atoms with Crippen LogP contribution in [0.15, 0.2) is 39.8 Å². The molecule has 0 unspecified atom stereocenters. The second-order valence-electron chi connectivity index (χ2n) is 6.37. The van der Waals surface area contributed by atoms with E-state index in [1.165, 1.54) is 0 Å². The molecule has 0 atom stereocenters. The minimum Gasteiger partial charge on any atom is -0.494 e. The van der Waals surface area contributed by atoms with Crippen LogP contribution in [0.3, 0.4) is 0 Å². The minimum atomic E-state index is -3.49. The Morgan fingerprint density at radius 1 is 1.15 bits per heavy atom. The van der Waals surface area contributed by atoms with Gasteiger partial charge in [-0.15, -0.1) is 0 Å². The fraction of sp³-hybridized carbons (Fsp3) is 0.500. The van der Waals surface area contributed by atoms with E-state index < -0.39 is 10.0 Å². The maximum Gasteiger partial charge on any atom is 0.243 e. The maximum atomic E-state index is 12.9. The van der Waals surface area contributed by atoms with Gasteiger partial charge in [0.25, 0.3) is 0 Å². The first-order valence-electron chi connectivity index (χ1n) is 8.86. The van der Waals surface area contributed by atoms with E-state index in [0.717, 1.165) is 24.4 Å². The standard InChI is InChI=1S/C18H25N3O4S/c1-3-24-17-5-7-18(8-6-17)26(22,23)21-10-4-9-20(11-12-21)14-16-13-15(2)25-19-16/h5-8,13H,3-4,9-12,14H2,1-2H3. The van der Waals surface area contributed by atoms with Crippen LogP contribution in [-0.4, -0.2) is 55.6 Å². The van der Waals surface area contributed by atoms with E-state index in [1.807, 2.05) is 19.9 Å². The minimum absolute atomic E-state index is 0.307. The number of aryl methyl sites for hydroxylation is 1. The SMILES string of the molecule is CCOc1ccc(S(=O)(=O)N2CCCN(Cc3cc(C)on3)CC2)cc1. The summed E-state index contributed by atoms with van der Waals surface area (Å²) < 4.78 is 37.9. The smallest absolute Gasteiger partial charge is 0.243 e. The van der Waals surface area contributed by atoms with Crippen molar-refractivity contribution in [3.05, 3.63) is 41.8 Å². The van der Waals surface area contributed by atoms with Crippen molar-refractivity contribution in [1.29, 1.82) is 0 Å². The fourth-order valence-electron chi connectivity index (χ4n) is 3.09. The summed E-state index contributed by atoms with van der Waals surface area (Å²) >= 11 is 0. The molecule has 26 heavy (non-hydrogen) atoms. The van der Waals surface area contributed by atoms with Gasteiger partial charge in [-0.3, -0.25) is 4.90 Å². The molecule has 0 spiro atoms. The van der Waals surface area contributed by atoms with Crippen LogP contribution in [0.1, 0.15) is 24.8 Å². The molecule has 0 radical (unpaired) electrons. The molecule has 1 fully saturated rings. The summed E-state index contributed by atoms with van der Waals surface area (Å²) in [5, 5.41) is 4.02. The van der Waals surface area contributed by atoms with Gasteiger partial charge < -0.3 is 9.26 Å². The summed E-state index contributed by atoms with van der Waals surface area (Å²) in [4.78, 5) is 2.52. The van der Waals surface area contributed by atoms with Gasteiger partial charge in [0.15, 0.2) is 0 Å². The van der Waals surface area contributed by atoms with Crippen molar-refractivity contribution >= 4 is 10.0 Å². The lowest BCUT2D eigenvalue weighted by Gasteiger charge is -2.21. The van der Waals surface area contributed by atoms with Crippen LogP contribution in [0.2, 0.25) is 0 Å². The zero-order valence-electron chi connectivity index (χ0n) is 15.2. The summed E-state index contributed by atoms with van der Waals surface area (Å²) in [6.07, 6.45) is 0.785. The van der Waals surface area contributed by atoms with Gasteiger partial charge in [-0.25, -0.2) is 8.42 Å². The van der Waals surface area contributed by atoms with Crippen LogP contribution in [-0.2, 0) is 16.6 Å². The molecule has 8 heteroatoms. The van der Waals surface area contributed by atoms with Crippen molar-refractivity contribution in [2.45, 2.75) is 31.7 Å². The zero-order chi connectivity index (χ0) is 18.6. The van der Waals surface area contributed by atoms with Gasteiger partial charge in [0.05, 0.1) is 17.2 Å². The van der Waals surface area contributed by atoms with Gasteiger partial charge in [-0.05, 0) is 51.1 Å². The Hall–Kier alpha value is -1.90. The fourth-order valence-corrected chi connectivity index (χ4v) is 4.56. The van der Waals surface area contributed by atoms with E-state index in [0.29, 0.717) is 43.4 Å². The third-order valence-electron chi connectivity index (χ3n) is 4.38. The van der Waals surface area contributed by atoms with Crippen LogP contribution in [0.25, 0.3) is 0 Å². The largest absolute Gasteiger partial charge is 0.494 e. The highest BCUT2D eigenvalue weighted by Gasteiger charge is 2.27. The highest BCUT2D eigenvalue weighted by atomic mass is 32.2. The molecule has 142 valence electrons. The highest BCUT2D eigenvalue weighted by Crippen LogP contribution is 2.21. The Balaban J connectivity index is 1.65. The van der Waals surface area contributed by atoms with Gasteiger partial charge in [0.2, 0.25) is 10.0 Å². The van der Waals surface area contributed by atoms with E-state index in [-0.39, 0.29) is 0 Å². The van der Waals surface area contributed by atoms with Crippen molar-refractivity contribution in [3.8, 4) is 5.75 Å². The second kappa shape index (κ2) is 8.20. The summed E-state index contributed by atoms with van der Waals surface area (Å²) in [5.74, 6) is 1.46. The molecule has 1 aliphatic heterocycles. The van der Waals surface area contributed by atoms with E-state index in [9.17, 15) is 8.42 Å². The monoisotopic (exact) mass is 379 g/mol. The van der Waals surface area contributed by atoms with Crippen molar-refractivity contribution in [2.75, 3.05) is 32.8 Å². The van der Waals surface area contributed by atoms with Crippen LogP contribution >= 0.6 is 0 Å². The molecule has 2 heterocycles. The molecule has 0 aliphatic carbocycles. The normalized spacial score (nSPS) is 17.2. The average Bonchev–Trinajstić information content (AvgIpc) is 2.88. The molecule has 1 saturated heterocycles. The number of hydrogen-bond donors (Lipinski definition) is 0. The van der Waals surface area contributed by atoms with Gasteiger partial charge in [-0.1, -0.05) is 5.16 Å². The predicted octanol–water partition coefficient (Wildman–Crippen LogP) is 2.28. The van der Waals surface area contributed by atoms with Crippen molar-refractivity contribution < 1.29 is 17.7 Å². The molecule has 1 aromatic heterocycles. The third kappa shape index (κ3) is 4.44. The van der Waals surface area contributed by atoms with Crippen molar-refractivity contribution in [2.24, 2.45) is 0 Å². The quantitative estimate of drug-likeness (QED) is 0.766. The number of benzene rings is 1. The number of sulfonamides is 1. The number of ether oxygens (including phenoxy) is 1. The summed E-state index contributed by atoms with van der Waals surface area (Å²) in [6.45, 7) is 7.48. The average molecular weight is 379 g/mol. The van der Waals surface area contributed by atoms with Crippen molar-refractivity contribution in [3.63, 3.8) is 0 Å². The van der Waals surface area contributed by atoms with Gasteiger partial charge >= 0.3 is 0 Å². The van der Waals surface area contributed by atoms with E-state index in [1.54, 1.807) is 28.6 Å². The molecule has 2 aromatic rings. The molecule has 0 saturated carbocycles. The Morgan fingerprint density at radius 2 is 1.92 bits per heavy atom. The molecule has 0 amide bonds. The first-order chi connectivity index (χ1) is 12.5. The predicted molar refractivity (Wildman–Crippen MR) is 97.5 cm³/mol. The lowest BCUT2D eigenvalue weighted by atomic mass is 10.3. The molecule has 1 aliphatic rings. The Kier molecular flexibility index (Phi) is 5.95. The Labute approximate surface area is 154 Å². The summed E-state index contributed by atoms with van der Waals surface area (Å²) in [5.41, 5.74) is 0.880. The highest BCUT2D eigenvalue weighted by molar-refractivity contribution is 7.89. The van der Waals surface area contributed by atoms with Gasteiger partial charge in [0.1, 0.15) is 11.5 Å². The van der Waals surface area contributed by atoms with Crippen LogP contribution < -0.4 is 4.74 Å². The zero-order valence-corrected chi connectivity index (χ0v) is 16.0. The Morgan fingerprint density at radius 3 is 2.58 bits per heavy atom. The van der Waals surface area contributed by atoms with Crippen LogP contribution in [0.4, 0.5) is 0 Å². The van der Waals surface area contributed by atoms with Crippen molar-refractivity contribution in [1.82, 2.24) is 14.4 Å². The van der Waals surface area contributed by atoms with Gasteiger partial charge in [0, 0.05) is 32.2 Å². The van der Waals surface area contributed by atoms with E-state index in [2.05, 4.69) is 10.1 Å². The summed E-state index contributed by atoms with van der Waals surface area (Å²) in [7, 11) is -3.49. The molecule has 0 bridgehead atoms. The topological polar surface area (TPSA) is 75.9 Å². The lowest BCUT2D eigenvalue weighted by molar-refractivity contribution is 0.268. The molecule has 0 N–H and O–H groups in total. The number of rotatable bonds is 6. The molecule has 1 aromatic carbocycles.